The fraction of sp³-hybridized carbons (Fsp3) is 0.304. The van der Waals surface area contributed by atoms with Crippen molar-refractivity contribution in [2.75, 3.05) is 44.5 Å². The number of fused-ring (bicyclic) bond motifs is 1. The van der Waals surface area contributed by atoms with Gasteiger partial charge in [0.05, 0.1) is 28.8 Å². The molecular formula is C23H26N4O4S. The van der Waals surface area contributed by atoms with Crippen LogP contribution in [0.5, 0.6) is 5.75 Å². The summed E-state index contributed by atoms with van der Waals surface area (Å²) in [5.41, 5.74) is 1.54. The first-order chi connectivity index (χ1) is 15.3. The molecule has 0 atom stereocenters. The number of para-hydroxylation sites is 1. The number of ether oxygens (including phenoxy) is 1. The highest BCUT2D eigenvalue weighted by molar-refractivity contribution is 7.89. The van der Waals surface area contributed by atoms with Crippen LogP contribution in [-0.2, 0) is 10.0 Å². The number of nitrogens with one attached hydrogen (secondary N) is 1. The number of hydrogen-bond acceptors (Lipinski definition) is 6. The Morgan fingerprint density at radius 3 is 2.50 bits per heavy atom. The Hall–Kier alpha value is -3.17. The molecule has 2 heterocycles. The van der Waals surface area contributed by atoms with Crippen molar-refractivity contribution in [3.05, 3.63) is 54.1 Å². The van der Waals surface area contributed by atoms with Crippen LogP contribution >= 0.6 is 0 Å². The van der Waals surface area contributed by atoms with Gasteiger partial charge in [-0.05, 0) is 43.2 Å². The Bertz CT molecular complexity index is 1270. The molecule has 1 aromatic heterocycles. The predicted octanol–water partition coefficient (Wildman–Crippen LogP) is 3.35. The van der Waals surface area contributed by atoms with Crippen molar-refractivity contribution in [1.82, 2.24) is 9.29 Å². The van der Waals surface area contributed by atoms with Gasteiger partial charge in [0.25, 0.3) is 5.91 Å². The number of carbonyl (C=O) groups is 1. The summed E-state index contributed by atoms with van der Waals surface area (Å²) < 4.78 is 31.6. The minimum atomic E-state index is -3.67. The zero-order valence-electron chi connectivity index (χ0n) is 18.3. The van der Waals surface area contributed by atoms with Crippen LogP contribution < -0.4 is 15.0 Å². The van der Waals surface area contributed by atoms with Crippen LogP contribution in [0.4, 0.5) is 11.5 Å². The smallest absolute Gasteiger partial charge is 0.259 e. The lowest BCUT2D eigenvalue weighted by Gasteiger charge is -2.21. The van der Waals surface area contributed by atoms with Gasteiger partial charge in [0.15, 0.2) is 0 Å². The standard InChI is InChI=1S/C23H26N4O4S/c1-26(2)32(29,30)17-10-11-21(31-3)20(15-17)25-23(28)18-14-16-8-4-5-9-19(16)24-22(18)27-12-6-7-13-27/h4-5,8-11,14-15H,6-7,12-13H2,1-3H3,(H,25,28). The molecule has 1 aliphatic heterocycles. The summed E-state index contributed by atoms with van der Waals surface area (Å²) in [5, 5.41) is 3.70. The second-order valence-corrected chi connectivity index (χ2v) is 10.0. The second-order valence-electron chi connectivity index (χ2n) is 7.85. The average Bonchev–Trinajstić information content (AvgIpc) is 3.32. The summed E-state index contributed by atoms with van der Waals surface area (Å²) in [6.07, 6.45) is 2.10. The molecule has 0 bridgehead atoms. The minimum Gasteiger partial charge on any atom is -0.495 e. The fourth-order valence-corrected chi connectivity index (χ4v) is 4.72. The number of aromatic nitrogens is 1. The van der Waals surface area contributed by atoms with Crippen molar-refractivity contribution in [1.29, 1.82) is 0 Å². The van der Waals surface area contributed by atoms with E-state index < -0.39 is 10.0 Å². The van der Waals surface area contributed by atoms with Gasteiger partial charge in [-0.2, -0.15) is 0 Å². The zero-order valence-corrected chi connectivity index (χ0v) is 19.1. The Morgan fingerprint density at radius 2 is 1.81 bits per heavy atom. The van der Waals surface area contributed by atoms with Crippen molar-refractivity contribution in [2.24, 2.45) is 0 Å². The maximum absolute atomic E-state index is 13.4. The van der Waals surface area contributed by atoms with Crippen LogP contribution in [0.3, 0.4) is 0 Å². The number of benzene rings is 2. The number of methoxy groups -OCH3 is 1. The van der Waals surface area contributed by atoms with E-state index in [2.05, 4.69) is 10.2 Å². The van der Waals surface area contributed by atoms with Crippen molar-refractivity contribution < 1.29 is 17.9 Å². The van der Waals surface area contributed by atoms with Gasteiger partial charge in [-0.15, -0.1) is 0 Å². The third-order valence-corrected chi connectivity index (χ3v) is 7.36. The zero-order chi connectivity index (χ0) is 22.9. The highest BCUT2D eigenvalue weighted by atomic mass is 32.2. The van der Waals surface area contributed by atoms with Crippen molar-refractivity contribution in [3.8, 4) is 5.75 Å². The van der Waals surface area contributed by atoms with Gasteiger partial charge in [-0.3, -0.25) is 4.79 Å². The number of sulfonamides is 1. The Labute approximate surface area is 187 Å². The van der Waals surface area contributed by atoms with Crippen molar-refractivity contribution >= 4 is 38.3 Å². The van der Waals surface area contributed by atoms with Crippen molar-refractivity contribution in [2.45, 2.75) is 17.7 Å². The van der Waals surface area contributed by atoms with E-state index in [0.717, 1.165) is 41.1 Å². The monoisotopic (exact) mass is 454 g/mol. The molecule has 0 saturated carbocycles. The van der Waals surface area contributed by atoms with E-state index in [-0.39, 0.29) is 16.5 Å². The summed E-state index contributed by atoms with van der Waals surface area (Å²) in [6, 6.07) is 13.9. The molecule has 1 amide bonds. The van der Waals surface area contributed by atoms with Gasteiger partial charge >= 0.3 is 0 Å². The molecule has 1 saturated heterocycles. The third-order valence-electron chi connectivity index (χ3n) is 5.55. The Balaban J connectivity index is 1.76. The molecule has 0 spiro atoms. The summed E-state index contributed by atoms with van der Waals surface area (Å²) in [5.74, 6) is 0.630. The molecule has 4 rings (SSSR count). The number of hydrogen-bond donors (Lipinski definition) is 1. The number of rotatable bonds is 6. The Morgan fingerprint density at radius 1 is 1.09 bits per heavy atom. The first-order valence-electron chi connectivity index (χ1n) is 10.4. The van der Waals surface area contributed by atoms with Gasteiger partial charge in [0, 0.05) is 32.6 Å². The number of nitrogens with zero attached hydrogens (tertiary/aromatic N) is 3. The lowest BCUT2D eigenvalue weighted by atomic mass is 10.1. The molecule has 1 aliphatic rings. The van der Waals surface area contributed by atoms with Crippen LogP contribution in [-0.4, -0.2) is 57.9 Å². The van der Waals surface area contributed by atoms with Gasteiger partial charge in [0.2, 0.25) is 10.0 Å². The van der Waals surface area contributed by atoms with Crippen molar-refractivity contribution in [3.63, 3.8) is 0 Å². The van der Waals surface area contributed by atoms with E-state index in [0.29, 0.717) is 17.1 Å². The topological polar surface area (TPSA) is 91.8 Å². The molecular weight excluding hydrogens is 428 g/mol. The van der Waals surface area contributed by atoms with Crippen LogP contribution in [0.25, 0.3) is 10.9 Å². The molecule has 0 radical (unpaired) electrons. The molecule has 1 N–H and O–H groups in total. The molecule has 0 aliphatic carbocycles. The first-order valence-corrected chi connectivity index (χ1v) is 11.8. The molecule has 8 nitrogen and oxygen atoms in total. The fourth-order valence-electron chi connectivity index (χ4n) is 3.79. The van der Waals surface area contributed by atoms with Gasteiger partial charge in [-0.25, -0.2) is 17.7 Å². The van der Waals surface area contributed by atoms with E-state index in [1.165, 1.54) is 39.4 Å². The minimum absolute atomic E-state index is 0.0648. The van der Waals surface area contributed by atoms with E-state index in [1.54, 1.807) is 0 Å². The number of pyridine rings is 1. The lowest BCUT2D eigenvalue weighted by Crippen LogP contribution is -2.25. The number of carbonyl (C=O) groups excluding carboxylic acids is 1. The maximum Gasteiger partial charge on any atom is 0.259 e. The second kappa shape index (κ2) is 8.76. The van der Waals surface area contributed by atoms with E-state index in [9.17, 15) is 13.2 Å². The summed E-state index contributed by atoms with van der Waals surface area (Å²) in [4.78, 5) is 20.4. The van der Waals surface area contributed by atoms with Crippen LogP contribution in [0, 0.1) is 0 Å². The summed E-state index contributed by atoms with van der Waals surface area (Å²) in [7, 11) is 0.720. The summed E-state index contributed by atoms with van der Waals surface area (Å²) in [6.45, 7) is 1.68. The third kappa shape index (κ3) is 4.13. The largest absolute Gasteiger partial charge is 0.495 e. The highest BCUT2D eigenvalue weighted by Crippen LogP contribution is 2.31. The SMILES string of the molecule is COc1ccc(S(=O)(=O)N(C)C)cc1NC(=O)c1cc2ccccc2nc1N1CCCC1. The predicted molar refractivity (Wildman–Crippen MR) is 125 cm³/mol. The quantitative estimate of drug-likeness (QED) is 0.614. The molecule has 1 fully saturated rings. The molecule has 3 aromatic rings. The molecule has 168 valence electrons. The normalized spacial score (nSPS) is 14.2. The van der Waals surface area contributed by atoms with Crippen LogP contribution in [0.15, 0.2) is 53.4 Å². The first kappa shape index (κ1) is 22.0. The number of anilines is 2. The van der Waals surface area contributed by atoms with Gasteiger partial charge in [-0.1, -0.05) is 18.2 Å². The van der Waals surface area contributed by atoms with Crippen LogP contribution in [0.2, 0.25) is 0 Å². The lowest BCUT2D eigenvalue weighted by molar-refractivity contribution is 0.102. The highest BCUT2D eigenvalue weighted by Gasteiger charge is 2.24. The van der Waals surface area contributed by atoms with E-state index in [1.807, 2.05) is 30.3 Å². The molecule has 2 aromatic carbocycles. The molecule has 0 unspecified atom stereocenters. The number of amides is 1. The Kier molecular flexibility index (Phi) is 6.03. The average molecular weight is 455 g/mol. The molecule has 32 heavy (non-hydrogen) atoms. The maximum atomic E-state index is 13.4. The van der Waals surface area contributed by atoms with E-state index >= 15 is 0 Å². The van der Waals surface area contributed by atoms with Gasteiger partial charge < -0.3 is 15.0 Å². The summed E-state index contributed by atoms with van der Waals surface area (Å²) >= 11 is 0. The van der Waals surface area contributed by atoms with E-state index in [4.69, 9.17) is 9.72 Å². The molecule has 9 heteroatoms. The van der Waals surface area contributed by atoms with Gasteiger partial charge in [0.1, 0.15) is 11.6 Å². The van der Waals surface area contributed by atoms with Crippen LogP contribution in [0.1, 0.15) is 23.2 Å².